The van der Waals surface area contributed by atoms with Crippen LogP contribution in [0.15, 0.2) is 18.2 Å². The molecule has 4 nitrogen and oxygen atoms in total. The predicted molar refractivity (Wildman–Crippen MR) is 75.1 cm³/mol. The highest BCUT2D eigenvalue weighted by molar-refractivity contribution is 6.01. The molecule has 1 atom stereocenters. The van der Waals surface area contributed by atoms with E-state index in [1.807, 2.05) is 6.07 Å². The van der Waals surface area contributed by atoms with Crippen molar-refractivity contribution in [1.29, 1.82) is 0 Å². The highest BCUT2D eigenvalue weighted by Gasteiger charge is 2.31. The van der Waals surface area contributed by atoms with Crippen LogP contribution in [0.2, 0.25) is 0 Å². The van der Waals surface area contributed by atoms with Crippen LogP contribution >= 0.6 is 0 Å². The molecule has 1 unspecified atom stereocenters. The van der Waals surface area contributed by atoms with Gasteiger partial charge in [0.1, 0.15) is 5.75 Å². The van der Waals surface area contributed by atoms with E-state index in [4.69, 9.17) is 9.47 Å². The lowest BCUT2D eigenvalue weighted by Gasteiger charge is -2.23. The number of hydrogen-bond donors (Lipinski definition) is 0. The van der Waals surface area contributed by atoms with Crippen LogP contribution in [0.1, 0.15) is 49.5 Å². The summed E-state index contributed by atoms with van der Waals surface area (Å²) in [5, 5.41) is 0. The molecule has 0 bridgehead atoms. The van der Waals surface area contributed by atoms with E-state index in [0.717, 1.165) is 11.3 Å². The molecule has 0 saturated carbocycles. The highest BCUT2D eigenvalue weighted by atomic mass is 16.6. The summed E-state index contributed by atoms with van der Waals surface area (Å²) < 4.78 is 10.4. The van der Waals surface area contributed by atoms with E-state index in [1.54, 1.807) is 19.2 Å². The normalized spacial score (nSPS) is 18.8. The van der Waals surface area contributed by atoms with Gasteiger partial charge in [-0.05, 0) is 23.6 Å². The van der Waals surface area contributed by atoms with Gasteiger partial charge in [0.05, 0.1) is 7.11 Å². The van der Waals surface area contributed by atoms with E-state index in [9.17, 15) is 9.59 Å². The first-order chi connectivity index (χ1) is 9.32. The maximum atomic E-state index is 12.4. The van der Waals surface area contributed by atoms with E-state index >= 15 is 0 Å². The Kier molecular flexibility index (Phi) is 3.84. The molecule has 0 spiro atoms. The Morgan fingerprint density at radius 1 is 1.35 bits per heavy atom. The summed E-state index contributed by atoms with van der Waals surface area (Å²) >= 11 is 0. The van der Waals surface area contributed by atoms with E-state index in [1.165, 1.54) is 0 Å². The largest absolute Gasteiger partial charge is 0.496 e. The first-order valence-electron chi connectivity index (χ1n) is 6.75. The monoisotopic (exact) mass is 276 g/mol. The first kappa shape index (κ1) is 14.6. The van der Waals surface area contributed by atoms with Crippen LogP contribution in [-0.2, 0) is 14.9 Å². The fourth-order valence-corrected chi connectivity index (χ4v) is 2.34. The van der Waals surface area contributed by atoms with Gasteiger partial charge < -0.3 is 9.47 Å². The molecule has 0 radical (unpaired) electrons. The maximum absolute atomic E-state index is 12.4. The maximum Gasteiger partial charge on any atom is 0.306 e. The Balaban J connectivity index is 2.34. The van der Waals surface area contributed by atoms with Crippen molar-refractivity contribution < 1.29 is 19.1 Å². The summed E-state index contributed by atoms with van der Waals surface area (Å²) in [6.07, 6.45) is 0.150. The topological polar surface area (TPSA) is 52.6 Å². The molecule has 0 aliphatic carbocycles. The smallest absolute Gasteiger partial charge is 0.306 e. The lowest BCUT2D eigenvalue weighted by molar-refractivity contribution is -0.140. The molecule has 1 fully saturated rings. The number of Topliss-reactive ketones (excluding diaryl/α,β-unsaturated/α-hetero) is 1. The van der Waals surface area contributed by atoms with E-state index in [2.05, 4.69) is 20.8 Å². The zero-order valence-corrected chi connectivity index (χ0v) is 12.4. The molecule has 1 aromatic carbocycles. The first-order valence-corrected chi connectivity index (χ1v) is 6.75. The average molecular weight is 276 g/mol. The second-order valence-electron chi connectivity index (χ2n) is 6.05. The van der Waals surface area contributed by atoms with Crippen molar-refractivity contribution in [3.8, 4) is 5.75 Å². The van der Waals surface area contributed by atoms with Gasteiger partial charge in [0.2, 0.25) is 5.78 Å². The van der Waals surface area contributed by atoms with Gasteiger partial charge in [0, 0.05) is 24.0 Å². The van der Waals surface area contributed by atoms with Gasteiger partial charge in [-0.1, -0.05) is 20.8 Å². The molecule has 0 amide bonds. The molecule has 1 aromatic rings. The lowest BCUT2D eigenvalue weighted by Crippen LogP contribution is -2.21. The lowest BCUT2D eigenvalue weighted by atomic mass is 9.84. The Bertz CT molecular complexity index is 540. The van der Waals surface area contributed by atoms with E-state index < -0.39 is 6.10 Å². The Hall–Kier alpha value is -1.84. The van der Waals surface area contributed by atoms with Crippen LogP contribution in [0.4, 0.5) is 0 Å². The zero-order chi connectivity index (χ0) is 14.9. The number of carbonyl (C=O) groups excluding carboxylic acids is 2. The number of hydrogen-bond acceptors (Lipinski definition) is 4. The molecular formula is C16H20O4. The summed E-state index contributed by atoms with van der Waals surface area (Å²) in [5.74, 6) is 0.328. The number of ketones is 1. The van der Waals surface area contributed by atoms with Gasteiger partial charge in [-0.2, -0.15) is 0 Å². The fraction of sp³-hybridized carbons (Fsp3) is 0.500. The number of ether oxygens (including phenoxy) is 2. The summed E-state index contributed by atoms with van der Waals surface area (Å²) in [7, 11) is 1.62. The van der Waals surface area contributed by atoms with Gasteiger partial charge in [-0.15, -0.1) is 0 Å². The number of esters is 1. The minimum absolute atomic E-state index is 0.131. The SMILES string of the molecule is COc1ccc(C(=O)C2CCC(=O)O2)cc1C(C)(C)C. The van der Waals surface area contributed by atoms with Gasteiger partial charge in [0.15, 0.2) is 6.10 Å². The molecule has 20 heavy (non-hydrogen) atoms. The van der Waals surface area contributed by atoms with Crippen molar-refractivity contribution in [3.63, 3.8) is 0 Å². The Labute approximate surface area is 119 Å². The van der Waals surface area contributed by atoms with Crippen LogP contribution in [-0.4, -0.2) is 25.0 Å². The van der Waals surface area contributed by atoms with Crippen LogP contribution < -0.4 is 4.74 Å². The summed E-state index contributed by atoms with van der Waals surface area (Å²) in [6.45, 7) is 6.19. The average Bonchev–Trinajstić information content (AvgIpc) is 2.83. The van der Waals surface area contributed by atoms with E-state index in [-0.39, 0.29) is 17.2 Å². The Morgan fingerprint density at radius 3 is 2.55 bits per heavy atom. The van der Waals surface area contributed by atoms with Crippen molar-refractivity contribution in [3.05, 3.63) is 29.3 Å². The number of cyclic esters (lactones) is 1. The van der Waals surface area contributed by atoms with Crippen molar-refractivity contribution in [2.45, 2.75) is 45.1 Å². The zero-order valence-electron chi connectivity index (χ0n) is 12.4. The quantitative estimate of drug-likeness (QED) is 0.629. The third kappa shape index (κ3) is 2.84. The van der Waals surface area contributed by atoms with Gasteiger partial charge in [0.25, 0.3) is 0 Å². The molecule has 1 heterocycles. The highest BCUT2D eigenvalue weighted by Crippen LogP contribution is 2.32. The molecule has 1 aliphatic rings. The molecule has 0 N–H and O–H groups in total. The minimum atomic E-state index is -0.635. The van der Waals surface area contributed by atoms with E-state index in [0.29, 0.717) is 18.4 Å². The van der Waals surface area contributed by atoms with Gasteiger partial charge >= 0.3 is 5.97 Å². The third-order valence-electron chi connectivity index (χ3n) is 3.47. The van der Waals surface area contributed by atoms with Crippen LogP contribution in [0.5, 0.6) is 5.75 Å². The number of carbonyl (C=O) groups is 2. The number of methoxy groups -OCH3 is 1. The molecule has 0 aromatic heterocycles. The summed E-state index contributed by atoms with van der Waals surface area (Å²) in [6, 6.07) is 5.36. The molecule has 1 saturated heterocycles. The number of benzene rings is 1. The van der Waals surface area contributed by atoms with Crippen LogP contribution in [0.3, 0.4) is 0 Å². The molecule has 2 rings (SSSR count). The molecule has 4 heteroatoms. The molecule has 1 aliphatic heterocycles. The van der Waals surface area contributed by atoms with Crippen LogP contribution in [0.25, 0.3) is 0 Å². The second-order valence-corrected chi connectivity index (χ2v) is 6.05. The minimum Gasteiger partial charge on any atom is -0.496 e. The van der Waals surface area contributed by atoms with Gasteiger partial charge in [-0.25, -0.2) is 0 Å². The van der Waals surface area contributed by atoms with Crippen molar-refractivity contribution >= 4 is 11.8 Å². The van der Waals surface area contributed by atoms with Crippen molar-refractivity contribution in [2.24, 2.45) is 0 Å². The van der Waals surface area contributed by atoms with Crippen molar-refractivity contribution in [2.75, 3.05) is 7.11 Å². The molecule has 108 valence electrons. The van der Waals surface area contributed by atoms with Crippen molar-refractivity contribution in [1.82, 2.24) is 0 Å². The predicted octanol–water partition coefficient (Wildman–Crippen LogP) is 2.88. The van der Waals surface area contributed by atoms with Gasteiger partial charge in [-0.3, -0.25) is 9.59 Å². The summed E-state index contributed by atoms with van der Waals surface area (Å²) in [4.78, 5) is 23.5. The van der Waals surface area contributed by atoms with Crippen LogP contribution in [0, 0.1) is 0 Å². The summed E-state index contributed by atoms with van der Waals surface area (Å²) in [5.41, 5.74) is 1.40. The Morgan fingerprint density at radius 2 is 2.05 bits per heavy atom. The standard InChI is InChI=1S/C16H20O4/c1-16(2,3)11-9-10(5-6-12(11)19-4)15(18)13-7-8-14(17)20-13/h5-6,9,13H,7-8H2,1-4H3. The number of rotatable bonds is 3. The second kappa shape index (κ2) is 5.27. The third-order valence-corrected chi connectivity index (χ3v) is 3.47. The fourth-order valence-electron chi connectivity index (χ4n) is 2.34. The molecular weight excluding hydrogens is 256 g/mol.